The van der Waals surface area contributed by atoms with Crippen LogP contribution in [0.5, 0.6) is 0 Å². The Balaban J connectivity index is 1.69. The Bertz CT molecular complexity index is 1140. The van der Waals surface area contributed by atoms with Crippen molar-refractivity contribution >= 4 is 38.8 Å². The first-order valence-electron chi connectivity index (χ1n) is 8.37. The molecule has 0 atom stereocenters. The maximum absolute atomic E-state index is 12.9. The van der Waals surface area contributed by atoms with Crippen LogP contribution in [0.4, 0.5) is 0 Å². The second kappa shape index (κ2) is 7.13. The topological polar surface area (TPSA) is 79.2 Å². The minimum absolute atomic E-state index is 0.168. The smallest absolute Gasteiger partial charge is 0.290 e. The van der Waals surface area contributed by atoms with E-state index in [1.807, 2.05) is 31.4 Å². The van der Waals surface area contributed by atoms with E-state index in [9.17, 15) is 9.59 Å². The van der Waals surface area contributed by atoms with Gasteiger partial charge in [0.15, 0.2) is 5.76 Å². The SMILES string of the molecule is Cc1sc2nc(CN(Cc3cccs3)C(=O)c3ccco3)[nH]c(=O)c2c1C. The van der Waals surface area contributed by atoms with Gasteiger partial charge < -0.3 is 14.3 Å². The number of carbonyl (C=O) groups is 1. The van der Waals surface area contributed by atoms with Gasteiger partial charge in [-0.3, -0.25) is 9.59 Å². The van der Waals surface area contributed by atoms with Crippen LogP contribution in [0.1, 0.15) is 31.7 Å². The number of fused-ring (bicyclic) bond motifs is 1. The number of hydrogen-bond acceptors (Lipinski definition) is 6. The fourth-order valence-electron chi connectivity index (χ4n) is 2.90. The number of rotatable bonds is 5. The molecule has 4 aromatic rings. The number of aromatic nitrogens is 2. The van der Waals surface area contributed by atoms with Crippen LogP contribution in [0.15, 0.2) is 45.1 Å². The average Bonchev–Trinajstić information content (AvgIpc) is 3.37. The lowest BCUT2D eigenvalue weighted by atomic mass is 10.2. The lowest BCUT2D eigenvalue weighted by molar-refractivity contribution is 0.0695. The minimum Gasteiger partial charge on any atom is -0.459 e. The first-order valence-corrected chi connectivity index (χ1v) is 10.1. The summed E-state index contributed by atoms with van der Waals surface area (Å²) >= 11 is 3.07. The largest absolute Gasteiger partial charge is 0.459 e. The third kappa shape index (κ3) is 3.45. The fraction of sp³-hybridized carbons (Fsp3) is 0.211. The molecule has 27 heavy (non-hydrogen) atoms. The molecule has 0 unspecified atom stereocenters. The van der Waals surface area contributed by atoms with Gasteiger partial charge in [-0.05, 0) is 43.0 Å². The highest BCUT2D eigenvalue weighted by molar-refractivity contribution is 7.18. The van der Waals surface area contributed by atoms with Crippen LogP contribution < -0.4 is 5.56 Å². The van der Waals surface area contributed by atoms with E-state index in [1.54, 1.807) is 28.4 Å². The summed E-state index contributed by atoms with van der Waals surface area (Å²) in [5.74, 6) is 0.484. The average molecular weight is 399 g/mol. The van der Waals surface area contributed by atoms with Crippen molar-refractivity contribution in [3.63, 3.8) is 0 Å². The van der Waals surface area contributed by atoms with Gasteiger partial charge in [0.05, 0.1) is 24.7 Å². The Kier molecular flexibility index (Phi) is 4.67. The van der Waals surface area contributed by atoms with Crippen molar-refractivity contribution in [1.82, 2.24) is 14.9 Å². The van der Waals surface area contributed by atoms with Crippen LogP contribution >= 0.6 is 22.7 Å². The lowest BCUT2D eigenvalue weighted by Gasteiger charge is -2.20. The molecule has 1 N–H and O–H groups in total. The van der Waals surface area contributed by atoms with Crippen molar-refractivity contribution in [2.24, 2.45) is 0 Å². The summed E-state index contributed by atoms with van der Waals surface area (Å²) in [6.45, 7) is 4.51. The summed E-state index contributed by atoms with van der Waals surface area (Å²) in [5, 5.41) is 2.59. The van der Waals surface area contributed by atoms with Crippen molar-refractivity contribution < 1.29 is 9.21 Å². The van der Waals surface area contributed by atoms with Gasteiger partial charge in [-0.2, -0.15) is 0 Å². The van der Waals surface area contributed by atoms with E-state index in [1.165, 1.54) is 17.6 Å². The van der Waals surface area contributed by atoms with Crippen molar-refractivity contribution in [2.45, 2.75) is 26.9 Å². The summed E-state index contributed by atoms with van der Waals surface area (Å²) in [5.41, 5.74) is 0.788. The van der Waals surface area contributed by atoms with Gasteiger partial charge in [0.1, 0.15) is 10.7 Å². The maximum atomic E-state index is 12.9. The molecule has 1 amide bonds. The molecule has 4 rings (SSSR count). The normalized spacial score (nSPS) is 11.2. The van der Waals surface area contributed by atoms with E-state index in [2.05, 4.69) is 9.97 Å². The number of amides is 1. The zero-order valence-corrected chi connectivity index (χ0v) is 16.4. The molecule has 0 fully saturated rings. The number of carbonyl (C=O) groups excluding carboxylic acids is 1. The zero-order chi connectivity index (χ0) is 19.0. The second-order valence-corrected chi connectivity index (χ2v) is 8.43. The molecule has 138 valence electrons. The molecule has 0 spiro atoms. The molecule has 4 aromatic heterocycles. The summed E-state index contributed by atoms with van der Waals surface area (Å²) in [7, 11) is 0. The van der Waals surface area contributed by atoms with E-state index in [-0.39, 0.29) is 23.8 Å². The van der Waals surface area contributed by atoms with Gasteiger partial charge in [-0.1, -0.05) is 6.07 Å². The molecule has 0 aromatic carbocycles. The highest BCUT2D eigenvalue weighted by atomic mass is 32.1. The maximum Gasteiger partial charge on any atom is 0.290 e. The van der Waals surface area contributed by atoms with E-state index in [0.717, 1.165) is 15.3 Å². The lowest BCUT2D eigenvalue weighted by Crippen LogP contribution is -2.31. The van der Waals surface area contributed by atoms with Crippen LogP contribution in [0.25, 0.3) is 10.2 Å². The quantitative estimate of drug-likeness (QED) is 0.548. The Morgan fingerprint density at radius 1 is 1.26 bits per heavy atom. The molecular formula is C19H17N3O3S2. The predicted octanol–water partition coefficient (Wildman–Crippen LogP) is 4.10. The van der Waals surface area contributed by atoms with E-state index < -0.39 is 0 Å². The summed E-state index contributed by atoms with van der Waals surface area (Å²) < 4.78 is 5.27. The standard InChI is InChI=1S/C19H17N3O3S2/c1-11-12(2)27-18-16(11)17(23)20-15(21-18)10-22(9-13-5-4-8-26-13)19(24)14-6-3-7-25-14/h3-8H,9-10H2,1-2H3,(H,20,21,23). The number of thiophene rings is 2. The second-order valence-electron chi connectivity index (χ2n) is 6.19. The summed E-state index contributed by atoms with van der Waals surface area (Å²) in [4.78, 5) is 37.3. The number of furan rings is 1. The summed E-state index contributed by atoms with van der Waals surface area (Å²) in [6, 6.07) is 7.23. The van der Waals surface area contributed by atoms with Gasteiger partial charge in [0, 0.05) is 9.75 Å². The predicted molar refractivity (Wildman–Crippen MR) is 106 cm³/mol. The molecule has 0 radical (unpaired) electrons. The van der Waals surface area contributed by atoms with Gasteiger partial charge in [0.2, 0.25) is 0 Å². The van der Waals surface area contributed by atoms with Gasteiger partial charge in [0.25, 0.3) is 11.5 Å². The molecule has 0 aliphatic heterocycles. The Labute approximate surface area is 163 Å². The minimum atomic E-state index is -0.241. The summed E-state index contributed by atoms with van der Waals surface area (Å²) in [6.07, 6.45) is 1.47. The van der Waals surface area contributed by atoms with Crippen molar-refractivity contribution in [3.8, 4) is 0 Å². The first-order chi connectivity index (χ1) is 13.0. The highest BCUT2D eigenvalue weighted by Crippen LogP contribution is 2.26. The van der Waals surface area contributed by atoms with E-state index >= 15 is 0 Å². The molecule has 8 heteroatoms. The molecule has 0 saturated heterocycles. The monoisotopic (exact) mass is 399 g/mol. The number of aromatic amines is 1. The van der Waals surface area contributed by atoms with Gasteiger partial charge in [-0.25, -0.2) is 4.98 Å². The van der Waals surface area contributed by atoms with Crippen molar-refractivity contribution in [1.29, 1.82) is 0 Å². The van der Waals surface area contributed by atoms with Crippen LogP contribution in [0, 0.1) is 13.8 Å². The number of nitrogens with one attached hydrogen (secondary N) is 1. The molecule has 4 heterocycles. The molecule has 0 bridgehead atoms. The number of hydrogen-bond donors (Lipinski definition) is 1. The Morgan fingerprint density at radius 2 is 2.11 bits per heavy atom. The van der Waals surface area contributed by atoms with Crippen molar-refractivity contribution in [3.05, 3.63) is 73.2 Å². The fourth-order valence-corrected chi connectivity index (χ4v) is 4.67. The van der Waals surface area contributed by atoms with E-state index in [0.29, 0.717) is 22.6 Å². The molecule has 0 saturated carbocycles. The van der Waals surface area contributed by atoms with E-state index in [4.69, 9.17) is 4.42 Å². The zero-order valence-electron chi connectivity index (χ0n) is 14.8. The number of aryl methyl sites for hydroxylation is 2. The molecule has 0 aliphatic rings. The van der Waals surface area contributed by atoms with Crippen LogP contribution in [0.2, 0.25) is 0 Å². The third-order valence-corrected chi connectivity index (χ3v) is 6.34. The van der Waals surface area contributed by atoms with Crippen LogP contribution in [-0.4, -0.2) is 20.8 Å². The van der Waals surface area contributed by atoms with Crippen LogP contribution in [-0.2, 0) is 13.1 Å². The molecular weight excluding hydrogens is 382 g/mol. The van der Waals surface area contributed by atoms with Crippen LogP contribution in [0.3, 0.4) is 0 Å². The Hall–Kier alpha value is -2.71. The first kappa shape index (κ1) is 17.7. The number of nitrogens with zero attached hydrogens (tertiary/aromatic N) is 2. The van der Waals surface area contributed by atoms with Gasteiger partial charge >= 0.3 is 0 Å². The number of H-pyrrole nitrogens is 1. The van der Waals surface area contributed by atoms with Gasteiger partial charge in [-0.15, -0.1) is 22.7 Å². The molecule has 6 nitrogen and oxygen atoms in total. The van der Waals surface area contributed by atoms with Crippen molar-refractivity contribution in [2.75, 3.05) is 0 Å². The Morgan fingerprint density at radius 3 is 2.81 bits per heavy atom. The highest BCUT2D eigenvalue weighted by Gasteiger charge is 2.21. The molecule has 0 aliphatic carbocycles. The third-order valence-electron chi connectivity index (χ3n) is 4.37.